The summed E-state index contributed by atoms with van der Waals surface area (Å²) < 4.78 is 42.8. The number of benzene rings is 1. The van der Waals surface area contributed by atoms with Gasteiger partial charge in [0.1, 0.15) is 0 Å². The number of nitrogen functional groups attached to an aromatic ring is 1. The summed E-state index contributed by atoms with van der Waals surface area (Å²) in [5, 5.41) is 2.46. The molecule has 0 heterocycles. The molecule has 3 N–H and O–H groups in total. The molecule has 1 aromatic rings. The Hall–Kier alpha value is -1.76. The van der Waals surface area contributed by atoms with E-state index in [-0.39, 0.29) is 12.1 Å². The molecule has 0 bridgehead atoms. The molecule has 4 nitrogen and oxygen atoms in total. The van der Waals surface area contributed by atoms with Gasteiger partial charge in [0.2, 0.25) is 0 Å². The maximum atomic E-state index is 12.6. The molecule has 106 valence electrons. The van der Waals surface area contributed by atoms with Gasteiger partial charge in [-0.3, -0.25) is 4.79 Å². The molecule has 0 spiro atoms. The molecule has 0 saturated carbocycles. The third-order valence-electron chi connectivity index (χ3n) is 2.36. The predicted molar refractivity (Wildman–Crippen MR) is 64.7 cm³/mol. The number of amides is 1. The van der Waals surface area contributed by atoms with Crippen molar-refractivity contribution in [1.82, 2.24) is 5.32 Å². The Morgan fingerprint density at radius 3 is 2.68 bits per heavy atom. The van der Waals surface area contributed by atoms with Crippen molar-refractivity contribution in [2.75, 3.05) is 25.5 Å². The molecule has 0 fully saturated rings. The van der Waals surface area contributed by atoms with Crippen molar-refractivity contribution in [3.8, 4) is 0 Å². The van der Waals surface area contributed by atoms with Crippen LogP contribution < -0.4 is 11.1 Å². The number of hydrogen-bond acceptors (Lipinski definition) is 3. The van der Waals surface area contributed by atoms with E-state index in [2.05, 4.69) is 5.32 Å². The van der Waals surface area contributed by atoms with E-state index in [9.17, 15) is 18.0 Å². The Morgan fingerprint density at radius 2 is 2.11 bits per heavy atom. The second kappa shape index (κ2) is 6.42. The number of nitrogens with two attached hydrogens (primary N) is 1. The fraction of sp³-hybridized carbons (Fsp3) is 0.417. The molecule has 0 aromatic heterocycles. The van der Waals surface area contributed by atoms with E-state index in [0.29, 0.717) is 13.2 Å². The molecule has 0 radical (unpaired) electrons. The highest BCUT2D eigenvalue weighted by atomic mass is 19.4. The first kappa shape index (κ1) is 15.3. The first-order valence-corrected chi connectivity index (χ1v) is 5.69. The van der Waals surface area contributed by atoms with Crippen molar-refractivity contribution in [1.29, 1.82) is 0 Å². The van der Waals surface area contributed by atoms with Crippen LogP contribution in [0.3, 0.4) is 0 Å². The van der Waals surface area contributed by atoms with Gasteiger partial charge >= 0.3 is 6.18 Å². The first-order chi connectivity index (χ1) is 8.86. The van der Waals surface area contributed by atoms with Crippen LogP contribution in [0, 0.1) is 0 Å². The number of carbonyl (C=O) groups is 1. The number of alkyl halides is 3. The molecule has 0 atom stereocenters. The molecule has 0 aliphatic carbocycles. The second-order valence-corrected chi connectivity index (χ2v) is 3.75. The summed E-state index contributed by atoms with van der Waals surface area (Å²) >= 11 is 0. The number of carbonyl (C=O) groups excluding carboxylic acids is 1. The lowest BCUT2D eigenvalue weighted by Gasteiger charge is -2.12. The van der Waals surface area contributed by atoms with Gasteiger partial charge in [-0.15, -0.1) is 0 Å². The van der Waals surface area contributed by atoms with Crippen molar-refractivity contribution in [2.45, 2.75) is 13.1 Å². The van der Waals surface area contributed by atoms with Crippen molar-refractivity contribution in [2.24, 2.45) is 0 Å². The summed E-state index contributed by atoms with van der Waals surface area (Å²) in [5.74, 6) is -0.592. The lowest BCUT2D eigenvalue weighted by molar-refractivity contribution is -0.136. The van der Waals surface area contributed by atoms with Crippen molar-refractivity contribution >= 4 is 11.6 Å². The zero-order chi connectivity index (χ0) is 14.5. The average Bonchev–Trinajstić information content (AvgIpc) is 2.33. The summed E-state index contributed by atoms with van der Waals surface area (Å²) in [6.45, 7) is 2.86. The SMILES string of the molecule is CCOCCNC(=O)c1ccc(N)c(C(F)(F)F)c1. The normalized spacial score (nSPS) is 11.4. The fourth-order valence-corrected chi connectivity index (χ4v) is 1.43. The smallest absolute Gasteiger partial charge is 0.398 e. The molecular weight excluding hydrogens is 261 g/mol. The van der Waals surface area contributed by atoms with Crippen molar-refractivity contribution in [3.63, 3.8) is 0 Å². The summed E-state index contributed by atoms with van der Waals surface area (Å²) in [6.07, 6.45) is -4.58. The Balaban J connectivity index is 2.76. The predicted octanol–water partition coefficient (Wildman–Crippen LogP) is 2.05. The van der Waals surface area contributed by atoms with E-state index < -0.39 is 23.3 Å². The van der Waals surface area contributed by atoms with Gasteiger partial charge < -0.3 is 15.8 Å². The quantitative estimate of drug-likeness (QED) is 0.639. The largest absolute Gasteiger partial charge is 0.418 e. The number of halogens is 3. The molecule has 0 unspecified atom stereocenters. The van der Waals surface area contributed by atoms with Crippen LogP contribution in [0.5, 0.6) is 0 Å². The van der Waals surface area contributed by atoms with Gasteiger partial charge in [0.25, 0.3) is 5.91 Å². The minimum atomic E-state index is -4.58. The van der Waals surface area contributed by atoms with E-state index in [4.69, 9.17) is 10.5 Å². The summed E-state index contributed by atoms with van der Waals surface area (Å²) in [5.41, 5.74) is 3.74. The molecule has 7 heteroatoms. The number of anilines is 1. The Labute approximate surface area is 108 Å². The van der Waals surface area contributed by atoms with Crippen molar-refractivity contribution < 1.29 is 22.7 Å². The van der Waals surface area contributed by atoms with Crippen LogP contribution in [0.1, 0.15) is 22.8 Å². The summed E-state index contributed by atoms with van der Waals surface area (Å²) in [4.78, 5) is 11.6. The van der Waals surface area contributed by atoms with E-state index in [1.807, 2.05) is 0 Å². The third-order valence-corrected chi connectivity index (χ3v) is 2.36. The minimum Gasteiger partial charge on any atom is -0.398 e. The number of nitrogens with one attached hydrogen (secondary N) is 1. The molecule has 0 aliphatic rings. The standard InChI is InChI=1S/C12H15F3N2O2/c1-2-19-6-5-17-11(18)8-3-4-10(16)9(7-8)12(13,14)15/h3-4,7H,2,5-6,16H2,1H3,(H,17,18). The molecule has 1 rings (SSSR count). The molecule has 0 aliphatic heterocycles. The maximum Gasteiger partial charge on any atom is 0.418 e. The van der Waals surface area contributed by atoms with Gasteiger partial charge in [0.15, 0.2) is 0 Å². The van der Waals surface area contributed by atoms with Gasteiger partial charge in [-0.1, -0.05) is 0 Å². The van der Waals surface area contributed by atoms with Crippen molar-refractivity contribution in [3.05, 3.63) is 29.3 Å². The van der Waals surface area contributed by atoms with Gasteiger partial charge in [0.05, 0.1) is 12.2 Å². The van der Waals surface area contributed by atoms with E-state index in [1.165, 1.54) is 6.07 Å². The summed E-state index contributed by atoms with van der Waals surface area (Å²) in [6, 6.07) is 3.06. The maximum absolute atomic E-state index is 12.6. The number of ether oxygens (including phenoxy) is 1. The van der Waals surface area contributed by atoms with E-state index in [0.717, 1.165) is 12.1 Å². The van der Waals surface area contributed by atoms with E-state index >= 15 is 0 Å². The van der Waals surface area contributed by atoms with Crippen LogP contribution in [0.4, 0.5) is 18.9 Å². The highest BCUT2D eigenvalue weighted by Gasteiger charge is 2.33. The van der Waals surface area contributed by atoms with Gasteiger partial charge in [-0.05, 0) is 25.1 Å². The highest BCUT2D eigenvalue weighted by Crippen LogP contribution is 2.33. The monoisotopic (exact) mass is 276 g/mol. The number of rotatable bonds is 5. The topological polar surface area (TPSA) is 64.3 Å². The average molecular weight is 276 g/mol. The summed E-state index contributed by atoms with van der Waals surface area (Å²) in [7, 11) is 0. The highest BCUT2D eigenvalue weighted by molar-refractivity contribution is 5.94. The number of hydrogen-bond donors (Lipinski definition) is 2. The lowest BCUT2D eigenvalue weighted by Crippen LogP contribution is -2.27. The van der Waals surface area contributed by atoms with Gasteiger partial charge in [-0.25, -0.2) is 0 Å². The Bertz CT molecular complexity index is 447. The molecule has 19 heavy (non-hydrogen) atoms. The first-order valence-electron chi connectivity index (χ1n) is 5.69. The van der Waals surface area contributed by atoms with Crippen LogP contribution in [0.2, 0.25) is 0 Å². The van der Waals surface area contributed by atoms with Gasteiger partial charge in [0, 0.05) is 24.4 Å². The Kier molecular flexibility index (Phi) is 5.17. The molecule has 1 amide bonds. The lowest BCUT2D eigenvalue weighted by atomic mass is 10.1. The Morgan fingerprint density at radius 1 is 1.42 bits per heavy atom. The second-order valence-electron chi connectivity index (χ2n) is 3.75. The van der Waals surface area contributed by atoms with Gasteiger partial charge in [-0.2, -0.15) is 13.2 Å². The van der Waals surface area contributed by atoms with Crippen LogP contribution in [0.25, 0.3) is 0 Å². The molecule has 0 saturated heterocycles. The minimum absolute atomic E-state index is 0.0852. The third kappa shape index (κ3) is 4.44. The van der Waals surface area contributed by atoms with Crippen LogP contribution in [-0.4, -0.2) is 25.7 Å². The molecular formula is C12H15F3N2O2. The van der Waals surface area contributed by atoms with Crippen LogP contribution in [0.15, 0.2) is 18.2 Å². The van der Waals surface area contributed by atoms with E-state index in [1.54, 1.807) is 6.92 Å². The zero-order valence-corrected chi connectivity index (χ0v) is 10.4. The molecule has 1 aromatic carbocycles. The zero-order valence-electron chi connectivity index (χ0n) is 10.4. The fourth-order valence-electron chi connectivity index (χ4n) is 1.43. The van der Waals surface area contributed by atoms with Crippen LogP contribution >= 0.6 is 0 Å². The van der Waals surface area contributed by atoms with Crippen LogP contribution in [-0.2, 0) is 10.9 Å².